The van der Waals surface area contributed by atoms with Gasteiger partial charge in [-0.1, -0.05) is 24.2 Å². The molecule has 4 heterocycles. The first kappa shape index (κ1) is 16.8. The molecule has 0 unspecified atom stereocenters. The van der Waals surface area contributed by atoms with Crippen LogP contribution in [-0.2, 0) is 9.59 Å². The summed E-state index contributed by atoms with van der Waals surface area (Å²) >= 11 is 1.44. The van der Waals surface area contributed by atoms with Gasteiger partial charge in [-0.15, -0.1) is 10.2 Å². The predicted molar refractivity (Wildman–Crippen MR) is 96.9 cm³/mol. The molecule has 0 radical (unpaired) electrons. The molecule has 3 aliphatic heterocycles. The molecule has 8 heteroatoms. The summed E-state index contributed by atoms with van der Waals surface area (Å²) in [7, 11) is 0. The fourth-order valence-electron chi connectivity index (χ4n) is 4.04. The van der Waals surface area contributed by atoms with Gasteiger partial charge in [0.25, 0.3) is 0 Å². The number of hydrogen-bond acceptors (Lipinski definition) is 6. The van der Waals surface area contributed by atoms with E-state index in [1.807, 2.05) is 4.90 Å². The van der Waals surface area contributed by atoms with Crippen molar-refractivity contribution in [2.45, 2.75) is 57.4 Å². The minimum Gasteiger partial charge on any atom is -0.341 e. The molecule has 3 fully saturated rings. The van der Waals surface area contributed by atoms with Crippen LogP contribution in [-0.4, -0.2) is 59.1 Å². The second-order valence-electron chi connectivity index (χ2n) is 7.11. The number of anilines is 2. The van der Waals surface area contributed by atoms with Gasteiger partial charge < -0.3 is 9.80 Å². The van der Waals surface area contributed by atoms with Crippen molar-refractivity contribution in [1.82, 2.24) is 15.1 Å². The van der Waals surface area contributed by atoms with Crippen molar-refractivity contribution in [3.63, 3.8) is 0 Å². The molecule has 0 N–H and O–H groups in total. The van der Waals surface area contributed by atoms with Crippen LogP contribution in [0, 0.1) is 0 Å². The summed E-state index contributed by atoms with van der Waals surface area (Å²) in [6.45, 7) is 3.33. The van der Waals surface area contributed by atoms with Crippen LogP contribution in [0.2, 0.25) is 0 Å². The molecule has 1 aromatic rings. The van der Waals surface area contributed by atoms with Gasteiger partial charge >= 0.3 is 0 Å². The van der Waals surface area contributed by atoms with E-state index in [2.05, 4.69) is 15.1 Å². The number of nitrogens with zero attached hydrogens (tertiary/aromatic N) is 5. The molecule has 1 aromatic heterocycles. The number of hydrogen-bond donors (Lipinski definition) is 0. The van der Waals surface area contributed by atoms with E-state index < -0.39 is 0 Å². The second kappa shape index (κ2) is 7.27. The normalized spacial score (nSPS) is 24.9. The summed E-state index contributed by atoms with van der Waals surface area (Å²) in [5.41, 5.74) is 0. The predicted octanol–water partition coefficient (Wildman–Crippen LogP) is 2.04. The molecule has 0 aliphatic carbocycles. The number of likely N-dealkylation sites (tertiary alicyclic amines) is 1. The van der Waals surface area contributed by atoms with Crippen molar-refractivity contribution >= 4 is 33.4 Å². The Bertz CT molecular complexity index is 641. The Balaban J connectivity index is 1.48. The fraction of sp³-hybridized carbons (Fsp3) is 0.765. The Morgan fingerprint density at radius 3 is 2.40 bits per heavy atom. The molecular formula is C17H25N5O2S. The molecular weight excluding hydrogens is 338 g/mol. The Hall–Kier alpha value is -1.70. The van der Waals surface area contributed by atoms with Crippen LogP contribution in [0.3, 0.4) is 0 Å². The van der Waals surface area contributed by atoms with Crippen LogP contribution in [0.1, 0.15) is 51.4 Å². The van der Waals surface area contributed by atoms with Crippen LogP contribution in [0.15, 0.2) is 0 Å². The highest BCUT2D eigenvalue weighted by atomic mass is 32.1. The Morgan fingerprint density at radius 2 is 1.68 bits per heavy atom. The van der Waals surface area contributed by atoms with Crippen LogP contribution in [0.4, 0.5) is 10.3 Å². The van der Waals surface area contributed by atoms with E-state index in [1.165, 1.54) is 24.2 Å². The molecule has 3 saturated heterocycles. The number of rotatable bonds is 3. The summed E-state index contributed by atoms with van der Waals surface area (Å²) < 4.78 is 0. The van der Waals surface area contributed by atoms with E-state index in [0.29, 0.717) is 11.6 Å². The number of aromatic nitrogens is 2. The Labute approximate surface area is 152 Å². The van der Waals surface area contributed by atoms with Gasteiger partial charge in [-0.05, 0) is 32.1 Å². The highest BCUT2D eigenvalue weighted by Gasteiger charge is 2.36. The van der Waals surface area contributed by atoms with Gasteiger partial charge in [0.2, 0.25) is 22.1 Å². The van der Waals surface area contributed by atoms with Crippen LogP contribution in [0.5, 0.6) is 0 Å². The van der Waals surface area contributed by atoms with Gasteiger partial charge in [-0.25, -0.2) is 0 Å². The largest absolute Gasteiger partial charge is 0.341 e. The third kappa shape index (κ3) is 3.36. The first-order chi connectivity index (χ1) is 12.2. The average molecular weight is 363 g/mol. The maximum Gasteiger partial charge on any atom is 0.245 e. The zero-order valence-electron chi connectivity index (χ0n) is 14.5. The minimum absolute atomic E-state index is 0.117. The lowest BCUT2D eigenvalue weighted by Crippen LogP contribution is -2.46. The third-order valence-electron chi connectivity index (χ3n) is 5.41. The zero-order chi connectivity index (χ0) is 17.2. The van der Waals surface area contributed by atoms with Gasteiger partial charge in [-0.2, -0.15) is 0 Å². The topological polar surface area (TPSA) is 69.6 Å². The smallest absolute Gasteiger partial charge is 0.245 e. The maximum absolute atomic E-state index is 13.0. The van der Waals surface area contributed by atoms with E-state index in [4.69, 9.17) is 0 Å². The highest BCUT2D eigenvalue weighted by Crippen LogP contribution is 2.34. The van der Waals surface area contributed by atoms with Crippen molar-refractivity contribution < 1.29 is 9.59 Å². The molecule has 0 saturated carbocycles. The van der Waals surface area contributed by atoms with Crippen LogP contribution in [0.25, 0.3) is 0 Å². The molecule has 7 nitrogen and oxygen atoms in total. The molecule has 2 amide bonds. The van der Waals surface area contributed by atoms with Gasteiger partial charge in [-0.3, -0.25) is 14.5 Å². The number of amides is 2. The SMILES string of the molecule is O=C([C@H]1CCCN1c1nnc(N2CCCC2=O)s1)N1CCCCCC1. The van der Waals surface area contributed by atoms with Gasteiger partial charge in [0, 0.05) is 32.6 Å². The van der Waals surface area contributed by atoms with Crippen molar-refractivity contribution in [3.8, 4) is 0 Å². The van der Waals surface area contributed by atoms with E-state index >= 15 is 0 Å². The summed E-state index contributed by atoms with van der Waals surface area (Å²) in [5.74, 6) is 0.370. The number of carbonyl (C=O) groups is 2. The quantitative estimate of drug-likeness (QED) is 0.822. The van der Waals surface area contributed by atoms with Crippen LogP contribution >= 0.6 is 11.3 Å². The van der Waals surface area contributed by atoms with Gasteiger partial charge in [0.15, 0.2) is 0 Å². The van der Waals surface area contributed by atoms with E-state index in [9.17, 15) is 9.59 Å². The van der Waals surface area contributed by atoms with Crippen molar-refractivity contribution in [2.75, 3.05) is 36.0 Å². The highest BCUT2D eigenvalue weighted by molar-refractivity contribution is 7.19. The molecule has 25 heavy (non-hydrogen) atoms. The lowest BCUT2D eigenvalue weighted by Gasteiger charge is -2.29. The maximum atomic E-state index is 13.0. The molecule has 136 valence electrons. The molecule has 1 atom stereocenters. The fourth-order valence-corrected chi connectivity index (χ4v) is 5.00. The lowest BCUT2D eigenvalue weighted by atomic mass is 10.2. The van der Waals surface area contributed by atoms with E-state index in [0.717, 1.165) is 63.4 Å². The van der Waals surface area contributed by atoms with Gasteiger partial charge in [0.05, 0.1) is 0 Å². The summed E-state index contributed by atoms with van der Waals surface area (Å²) in [6.07, 6.45) is 8.03. The van der Waals surface area contributed by atoms with E-state index in [-0.39, 0.29) is 17.9 Å². The monoisotopic (exact) mass is 363 g/mol. The minimum atomic E-state index is -0.117. The molecule has 0 aromatic carbocycles. The zero-order valence-corrected chi connectivity index (χ0v) is 15.3. The standard InChI is InChI=1S/C17H25N5O2S/c23-14-8-6-12-22(14)17-19-18-16(25-17)21-11-5-7-13(21)15(24)20-9-3-1-2-4-10-20/h13H,1-12H2/t13-/m1/s1. The molecule has 3 aliphatic rings. The van der Waals surface area contributed by atoms with Crippen molar-refractivity contribution in [3.05, 3.63) is 0 Å². The Kier molecular flexibility index (Phi) is 4.87. The molecule has 4 rings (SSSR count). The average Bonchev–Trinajstić information content (AvgIpc) is 3.31. The van der Waals surface area contributed by atoms with Gasteiger partial charge in [0.1, 0.15) is 6.04 Å². The third-order valence-corrected chi connectivity index (χ3v) is 6.39. The lowest BCUT2D eigenvalue weighted by molar-refractivity contribution is -0.132. The van der Waals surface area contributed by atoms with Crippen molar-refractivity contribution in [1.29, 1.82) is 0 Å². The molecule has 0 bridgehead atoms. The summed E-state index contributed by atoms with van der Waals surface area (Å²) in [4.78, 5) is 30.8. The summed E-state index contributed by atoms with van der Waals surface area (Å²) in [5, 5.41) is 9.97. The molecule has 0 spiro atoms. The first-order valence-electron chi connectivity index (χ1n) is 9.43. The second-order valence-corrected chi connectivity index (χ2v) is 8.04. The first-order valence-corrected chi connectivity index (χ1v) is 10.2. The van der Waals surface area contributed by atoms with Crippen molar-refractivity contribution in [2.24, 2.45) is 0 Å². The summed E-state index contributed by atoms with van der Waals surface area (Å²) in [6, 6.07) is -0.117. The van der Waals surface area contributed by atoms with E-state index in [1.54, 1.807) is 4.90 Å². The van der Waals surface area contributed by atoms with Crippen LogP contribution < -0.4 is 9.80 Å². The Morgan fingerprint density at radius 1 is 0.920 bits per heavy atom. The number of carbonyl (C=O) groups excluding carboxylic acids is 2.